The molecule has 0 radical (unpaired) electrons. The number of carboxylic acids is 1. The number of aryl methyl sites for hydroxylation is 2. The Balaban J connectivity index is 0. The first kappa shape index (κ1) is 63.2. The van der Waals surface area contributed by atoms with Crippen molar-refractivity contribution >= 4 is 43.5 Å². The Bertz CT molecular complexity index is 2470. The van der Waals surface area contributed by atoms with Gasteiger partial charge in [0.1, 0.15) is 36.9 Å². The number of aromatic nitrogens is 7. The molecule has 5 aromatic heterocycles. The van der Waals surface area contributed by atoms with Gasteiger partial charge < -0.3 is 34.4 Å². The summed E-state index contributed by atoms with van der Waals surface area (Å²) in [5, 5.41) is 48.2. The Labute approximate surface area is 468 Å². The van der Waals surface area contributed by atoms with Crippen molar-refractivity contribution in [2.45, 2.75) is 60.7 Å². The second-order valence-electron chi connectivity index (χ2n) is 13.3. The topological polar surface area (TPSA) is 338 Å². The van der Waals surface area contributed by atoms with Crippen molar-refractivity contribution in [3.05, 3.63) is 107 Å². The van der Waals surface area contributed by atoms with E-state index in [1.807, 2.05) is 18.2 Å². The van der Waals surface area contributed by atoms with Crippen molar-refractivity contribution in [2.75, 3.05) is 25.7 Å². The fourth-order valence-corrected chi connectivity index (χ4v) is 4.25. The Hall–Kier alpha value is -4.90. The molecule has 25 heteroatoms. The molecule has 5 aromatic rings. The zero-order valence-electron chi connectivity index (χ0n) is 38.6. The normalized spacial score (nSPS) is 9.73. The SMILES string of the molecule is CCOC(=O)C(CC(C)=O)=NOC.CCOC(=O)c1cc(C)nn1-c1ccc(C#N)cn1.C[Si](C)(C)[O-].Cc1cc(C(=O)[O-])n(-c2ccc(C#N)cn2)n1.N#Cc1ccc(NN)nc1.[K+].[K+]. The van der Waals surface area contributed by atoms with Crippen LogP contribution in [-0.4, -0.2) is 92.6 Å². The molecule has 0 unspecified atom stereocenters. The number of carbonyl (C=O) groups is 4. The van der Waals surface area contributed by atoms with Crippen LogP contribution in [0.2, 0.25) is 19.6 Å². The number of hydrazine groups is 1. The molecule has 0 aliphatic carbocycles. The fraction of sp³-hybridized carbons (Fsp3) is 0.293. The van der Waals surface area contributed by atoms with Gasteiger partial charge in [-0.25, -0.2) is 39.7 Å². The molecule has 0 bridgehead atoms. The number of hydrogen-bond donors (Lipinski definition) is 2. The maximum absolute atomic E-state index is 11.8. The number of oxime groups is 1. The zero-order chi connectivity index (χ0) is 48.4. The molecule has 0 aliphatic heterocycles. The number of nitrogens with two attached hydrogens (primary N) is 1. The smallest absolute Gasteiger partial charge is 0.859 e. The summed E-state index contributed by atoms with van der Waals surface area (Å²) in [6, 6.07) is 18.5. The summed E-state index contributed by atoms with van der Waals surface area (Å²) in [7, 11) is -0.556. The minimum atomic E-state index is -1.86. The third-order valence-corrected chi connectivity index (χ3v) is 6.71. The molecule has 5 heterocycles. The van der Waals surface area contributed by atoms with Gasteiger partial charge in [0.2, 0.25) is 0 Å². The number of rotatable bonds is 11. The van der Waals surface area contributed by atoms with Crippen molar-refractivity contribution in [1.82, 2.24) is 34.5 Å². The average Bonchev–Trinajstić information content (AvgIpc) is 3.86. The standard InChI is InChI=1S/C13H12N4O2.C11H8N4O2.C8H13NO4.C6H6N4.C3H9OSi.2K/c1-3-19-13(18)11-6-9(2)16-17(11)12-5-4-10(7-14)8-15-12;1-7-4-9(11(16)17)15(14-7)10-3-2-8(5-12)6-13-10;1-4-13-8(11)7(9-12-3)5-6(2)10;7-3-5-1-2-6(10-8)9-4-5;1-5(2,3)4;;/h4-6,8H,3H2,1-2H3;2-4,6H,1H3,(H,16,17);4-5H2,1-3H3;1-2,4H,8H2,(H,9,10);1-3H3;;/q;;;;-1;2*+1/p-1. The average molecular weight is 972 g/mol. The van der Waals surface area contributed by atoms with E-state index in [-0.39, 0.29) is 133 Å². The molecule has 0 atom stereocenters. The van der Waals surface area contributed by atoms with Gasteiger partial charge in [-0.1, -0.05) is 33.1 Å². The second-order valence-corrected chi connectivity index (χ2v) is 17.6. The maximum atomic E-state index is 11.8. The molecule has 0 saturated carbocycles. The first-order valence-corrected chi connectivity index (χ1v) is 22.2. The van der Waals surface area contributed by atoms with Crippen LogP contribution in [0.15, 0.2) is 72.3 Å². The van der Waals surface area contributed by atoms with E-state index in [0.29, 0.717) is 57.8 Å². The van der Waals surface area contributed by atoms with Crippen LogP contribution in [0.25, 0.3) is 11.6 Å². The largest absolute Gasteiger partial charge is 1.00 e. The van der Waals surface area contributed by atoms with Gasteiger partial charge in [0, 0.05) is 18.6 Å². The van der Waals surface area contributed by atoms with Crippen LogP contribution in [-0.2, 0) is 23.9 Å². The molecule has 0 aliphatic rings. The van der Waals surface area contributed by atoms with Crippen LogP contribution in [0.3, 0.4) is 0 Å². The van der Waals surface area contributed by atoms with Crippen LogP contribution in [0.1, 0.15) is 76.2 Å². The molecular weight excluding hydrogens is 925 g/mol. The molecule has 0 spiro atoms. The number of nitrogens with one attached hydrogen (secondary N) is 1. The monoisotopic (exact) mass is 971 g/mol. The summed E-state index contributed by atoms with van der Waals surface area (Å²) in [6.07, 6.45) is 4.18. The number of carboxylic acid groups (broad SMARTS) is 1. The third kappa shape index (κ3) is 24.6. The van der Waals surface area contributed by atoms with E-state index in [2.05, 4.69) is 45.3 Å². The van der Waals surface area contributed by atoms with Crippen molar-refractivity contribution in [2.24, 2.45) is 11.0 Å². The summed E-state index contributed by atoms with van der Waals surface area (Å²) in [5.41, 5.74) is 5.21. The Morgan fingerprint density at radius 2 is 1.20 bits per heavy atom. The molecular formula is C41H47K2N13O9Si. The van der Waals surface area contributed by atoms with E-state index in [0.717, 1.165) is 0 Å². The predicted octanol–water partition coefficient (Wildman–Crippen LogP) is -3.61. The number of anilines is 1. The number of pyridine rings is 3. The number of esters is 2. The zero-order valence-corrected chi connectivity index (χ0v) is 45.9. The molecule has 22 nitrogen and oxygen atoms in total. The minimum absolute atomic E-state index is 0. The van der Waals surface area contributed by atoms with E-state index in [9.17, 15) is 29.1 Å². The summed E-state index contributed by atoms with van der Waals surface area (Å²) >= 11 is 0. The number of ether oxygens (including phenoxy) is 2. The Kier molecular flexibility index (Phi) is 32.1. The summed E-state index contributed by atoms with van der Waals surface area (Å²) in [5.74, 6) is 3.85. The van der Waals surface area contributed by atoms with Crippen LogP contribution in [0, 0.1) is 47.8 Å². The molecule has 5 rings (SSSR count). The summed E-state index contributed by atoms with van der Waals surface area (Å²) < 4.78 is 12.2. The number of nitrogens with zero attached hydrogens (tertiary/aromatic N) is 11. The Morgan fingerprint density at radius 3 is 1.53 bits per heavy atom. The number of nitriles is 3. The number of carbonyl (C=O) groups excluding carboxylic acids is 4. The van der Waals surface area contributed by atoms with E-state index >= 15 is 0 Å². The molecule has 3 N–H and O–H groups in total. The van der Waals surface area contributed by atoms with Crippen molar-refractivity contribution < 1.29 is 146 Å². The van der Waals surface area contributed by atoms with Gasteiger partial charge in [0.15, 0.2) is 23.0 Å². The first-order chi connectivity index (χ1) is 30.2. The van der Waals surface area contributed by atoms with Gasteiger partial charge >= 0.3 is 115 Å². The van der Waals surface area contributed by atoms with E-state index < -0.39 is 26.2 Å². The Morgan fingerprint density at radius 1 is 0.773 bits per heavy atom. The molecule has 0 aromatic carbocycles. The third-order valence-electron chi connectivity index (χ3n) is 6.71. The van der Waals surface area contributed by atoms with Crippen molar-refractivity contribution in [1.29, 1.82) is 15.8 Å². The number of hydrogen-bond acceptors (Lipinski definition) is 20. The quantitative estimate of drug-likeness (QED) is 0.0424. The number of Topliss-reactive ketones (excluding diaryl/α,β-unsaturated/α-hetero) is 1. The fourth-order valence-electron chi connectivity index (χ4n) is 4.25. The van der Waals surface area contributed by atoms with Crippen LogP contribution < -0.4 is 124 Å². The van der Waals surface area contributed by atoms with Crippen molar-refractivity contribution in [3.63, 3.8) is 0 Å². The van der Waals surface area contributed by atoms with E-state index in [1.54, 1.807) is 83.7 Å². The minimum Gasteiger partial charge on any atom is -0.859 e. The first-order valence-electron chi connectivity index (χ1n) is 18.8. The van der Waals surface area contributed by atoms with E-state index in [1.165, 1.54) is 54.1 Å². The van der Waals surface area contributed by atoms with Crippen LogP contribution in [0.4, 0.5) is 5.82 Å². The van der Waals surface area contributed by atoms with Crippen LogP contribution in [0.5, 0.6) is 0 Å². The van der Waals surface area contributed by atoms with E-state index in [4.69, 9.17) is 26.4 Å². The van der Waals surface area contributed by atoms with Gasteiger partial charge in [-0.2, -0.15) is 26.0 Å². The van der Waals surface area contributed by atoms with Gasteiger partial charge in [-0.3, -0.25) is 4.79 Å². The van der Waals surface area contributed by atoms with Crippen LogP contribution >= 0.6 is 0 Å². The number of aromatic carboxylic acids is 1. The van der Waals surface area contributed by atoms with Gasteiger partial charge in [0.25, 0.3) is 0 Å². The van der Waals surface area contributed by atoms with Gasteiger partial charge in [-0.15, -0.1) is 0 Å². The predicted molar refractivity (Wildman–Crippen MR) is 228 cm³/mol. The molecule has 0 saturated heterocycles. The number of ketones is 1. The second kappa shape index (κ2) is 33.5. The van der Waals surface area contributed by atoms with Gasteiger partial charge in [0.05, 0.1) is 59.4 Å². The molecule has 0 fully saturated rings. The molecule has 66 heavy (non-hydrogen) atoms. The molecule has 336 valence electrons. The van der Waals surface area contributed by atoms with Gasteiger partial charge in [-0.05, 0) is 83.1 Å². The maximum Gasteiger partial charge on any atom is 1.00 e. The summed E-state index contributed by atoms with van der Waals surface area (Å²) in [6.45, 7) is 14.1. The number of nitrogen functional groups attached to an aromatic ring is 1. The summed E-state index contributed by atoms with van der Waals surface area (Å²) in [4.78, 5) is 71.0. The van der Waals surface area contributed by atoms with Crippen molar-refractivity contribution in [3.8, 4) is 29.8 Å². The molecule has 0 amide bonds.